The summed E-state index contributed by atoms with van der Waals surface area (Å²) in [5, 5.41) is 7.90. The van der Waals surface area contributed by atoms with Gasteiger partial charge in [-0.05, 0) is 72.4 Å². The van der Waals surface area contributed by atoms with E-state index in [1.54, 1.807) is 97.6 Å². The minimum Gasteiger partial charge on any atom is -0.454 e. The van der Waals surface area contributed by atoms with Crippen molar-refractivity contribution in [1.82, 2.24) is 9.80 Å². The zero-order valence-electron chi connectivity index (χ0n) is 25.8. The summed E-state index contributed by atoms with van der Waals surface area (Å²) in [6.45, 7) is 3.50. The van der Waals surface area contributed by atoms with Crippen LogP contribution in [0.1, 0.15) is 31.9 Å². The third-order valence-electron chi connectivity index (χ3n) is 8.51. The van der Waals surface area contributed by atoms with Crippen molar-refractivity contribution in [2.75, 3.05) is 20.4 Å². The van der Waals surface area contributed by atoms with E-state index < -0.39 is 44.1 Å². The van der Waals surface area contributed by atoms with Gasteiger partial charge in [-0.1, -0.05) is 49.4 Å². The molecule has 1 unspecified atom stereocenters. The van der Waals surface area contributed by atoms with Crippen molar-refractivity contribution in [3.63, 3.8) is 0 Å². The van der Waals surface area contributed by atoms with Crippen LogP contribution in [0, 0.1) is 22.7 Å². The van der Waals surface area contributed by atoms with Crippen molar-refractivity contribution in [3.8, 4) is 29.1 Å². The summed E-state index contributed by atoms with van der Waals surface area (Å²) in [5.74, 6) is -0.113. The Kier molecular flexibility index (Phi) is 8.93. The van der Waals surface area contributed by atoms with Crippen molar-refractivity contribution in [3.05, 3.63) is 84.4 Å². The molecule has 0 bridgehead atoms. The largest absolute Gasteiger partial charge is 0.454 e. The maximum absolute atomic E-state index is 14.8. The zero-order valence-corrected chi connectivity index (χ0v) is 27.4. The summed E-state index contributed by atoms with van der Waals surface area (Å²) in [5.41, 5.74) is -0.558. The van der Waals surface area contributed by atoms with Crippen molar-refractivity contribution >= 4 is 45.8 Å². The monoisotopic (exact) mass is 673 g/mol. The van der Waals surface area contributed by atoms with E-state index in [0.717, 1.165) is 0 Å². The van der Waals surface area contributed by atoms with Gasteiger partial charge in [0.2, 0.25) is 6.79 Å². The fraction of sp³-hybridized carbons (Fsp3) is 0.324. The number of nitrogens with zero attached hydrogens (tertiary/aromatic N) is 3. The second kappa shape index (κ2) is 12.9. The van der Waals surface area contributed by atoms with Gasteiger partial charge in [-0.15, -0.1) is 0 Å². The number of Topliss-reactive ketones (excluding diaryl/α,β-unsaturated/α-hetero) is 1. The maximum Gasteiger partial charge on any atom is 0.375 e. The van der Waals surface area contributed by atoms with Crippen molar-refractivity contribution < 1.29 is 38.1 Å². The van der Waals surface area contributed by atoms with Crippen LogP contribution < -0.4 is 18.9 Å². The first-order valence-electron chi connectivity index (χ1n) is 14.8. The van der Waals surface area contributed by atoms with E-state index in [-0.39, 0.29) is 31.3 Å². The van der Waals surface area contributed by atoms with Crippen molar-refractivity contribution in [2.45, 2.75) is 36.6 Å². The lowest BCUT2D eigenvalue weighted by atomic mass is 9.79. The van der Waals surface area contributed by atoms with Gasteiger partial charge >= 0.3 is 10.6 Å². The minimum absolute atomic E-state index is 0.00516. The molecule has 2 saturated heterocycles. The number of hydrogen-bond donors (Lipinski definition) is 0. The SMILES string of the molecule is C[C@H]1CN2[C@@H](c3ccc4c(c3)OCO4)[C@@](C)(C#N)CC2(SC(=O)Oc2ccccc2)C(=O)N(C)[C@@H](SC(=O)Oc2ccccc2)C1=O. The third-order valence-corrected chi connectivity index (χ3v) is 10.7. The van der Waals surface area contributed by atoms with Crippen LogP contribution in [0.5, 0.6) is 23.0 Å². The van der Waals surface area contributed by atoms with E-state index in [0.29, 0.717) is 46.3 Å². The molecule has 11 nitrogen and oxygen atoms in total. The lowest BCUT2D eigenvalue weighted by molar-refractivity contribution is -0.145. The Bertz CT molecular complexity index is 1750. The lowest BCUT2D eigenvalue weighted by Crippen LogP contribution is -2.61. The zero-order chi connectivity index (χ0) is 33.3. The van der Waals surface area contributed by atoms with E-state index in [9.17, 15) is 24.4 Å². The summed E-state index contributed by atoms with van der Waals surface area (Å²) in [6.07, 6.45) is -0.0832. The molecule has 3 aliphatic heterocycles. The summed E-state index contributed by atoms with van der Waals surface area (Å²) in [7, 11) is 1.42. The summed E-state index contributed by atoms with van der Waals surface area (Å²) < 4.78 is 22.2. The Morgan fingerprint density at radius 3 is 2.19 bits per heavy atom. The quantitative estimate of drug-likeness (QED) is 0.283. The average molecular weight is 674 g/mol. The van der Waals surface area contributed by atoms with Crippen molar-refractivity contribution in [2.24, 2.45) is 11.3 Å². The number of carbonyl (C=O) groups is 4. The van der Waals surface area contributed by atoms with Gasteiger partial charge in [0.25, 0.3) is 5.91 Å². The number of thioether (sulfide) groups is 2. The number of hydrogen-bond acceptors (Lipinski definition) is 12. The highest BCUT2D eigenvalue weighted by molar-refractivity contribution is 8.15. The number of nitriles is 1. The Balaban J connectivity index is 1.41. The van der Waals surface area contributed by atoms with Crippen LogP contribution in [-0.2, 0) is 9.59 Å². The van der Waals surface area contributed by atoms with Gasteiger partial charge in [0.1, 0.15) is 16.9 Å². The van der Waals surface area contributed by atoms with Gasteiger partial charge in [0, 0.05) is 25.9 Å². The van der Waals surface area contributed by atoms with Crippen LogP contribution in [0.3, 0.4) is 0 Å². The molecule has 1 amide bonds. The number of ketones is 1. The molecule has 3 aromatic carbocycles. The fourth-order valence-electron chi connectivity index (χ4n) is 6.35. The molecule has 47 heavy (non-hydrogen) atoms. The number of rotatable bonds is 5. The Morgan fingerprint density at radius 1 is 0.936 bits per heavy atom. The van der Waals surface area contributed by atoms with E-state index in [2.05, 4.69) is 6.07 Å². The highest BCUT2D eigenvalue weighted by atomic mass is 32.2. The van der Waals surface area contributed by atoms with E-state index in [4.69, 9.17) is 18.9 Å². The average Bonchev–Trinajstić information content (AvgIpc) is 3.63. The van der Waals surface area contributed by atoms with Crippen molar-refractivity contribution in [1.29, 1.82) is 5.26 Å². The first-order chi connectivity index (χ1) is 22.5. The number of amides is 1. The van der Waals surface area contributed by atoms with Gasteiger partial charge in [0.05, 0.1) is 17.5 Å². The molecular formula is C34H31N3O8S2. The highest BCUT2D eigenvalue weighted by Gasteiger charge is 2.66. The molecule has 0 aromatic heterocycles. The van der Waals surface area contributed by atoms with Gasteiger partial charge in [-0.2, -0.15) is 5.26 Å². The normalized spacial score (nSPS) is 26.9. The predicted octanol–water partition coefficient (Wildman–Crippen LogP) is 6.26. The third kappa shape index (κ3) is 6.16. The predicted molar refractivity (Wildman–Crippen MR) is 174 cm³/mol. The number of para-hydroxylation sites is 2. The molecule has 0 aliphatic carbocycles. The maximum atomic E-state index is 14.8. The first-order valence-corrected chi connectivity index (χ1v) is 16.5. The summed E-state index contributed by atoms with van der Waals surface area (Å²) in [6, 6.07) is 23.8. The van der Waals surface area contributed by atoms with E-state index >= 15 is 0 Å². The lowest BCUT2D eigenvalue weighted by Gasteiger charge is -2.45. The molecule has 0 radical (unpaired) electrons. The summed E-state index contributed by atoms with van der Waals surface area (Å²) >= 11 is 1.25. The first kappa shape index (κ1) is 32.4. The highest BCUT2D eigenvalue weighted by Crippen LogP contribution is 2.60. The topological polar surface area (TPSA) is 135 Å². The molecule has 242 valence electrons. The molecule has 5 atom stereocenters. The molecule has 2 fully saturated rings. The Labute approximate surface area is 280 Å². The number of benzene rings is 3. The van der Waals surface area contributed by atoms with Crippen LogP contribution in [0.4, 0.5) is 9.59 Å². The summed E-state index contributed by atoms with van der Waals surface area (Å²) in [4.78, 5) is 56.8. The van der Waals surface area contributed by atoms with Crippen LogP contribution in [0.2, 0.25) is 0 Å². The fourth-order valence-corrected chi connectivity index (χ4v) is 8.59. The number of likely N-dealkylation sites (N-methyl/N-ethyl adjacent to an activating group) is 1. The van der Waals surface area contributed by atoms with E-state index in [1.165, 1.54) is 11.9 Å². The standard InChI is InChI=1S/C34H31N3O8S2/c1-21-17-37-28(22-14-15-25-26(16-22)43-20-42-25)33(2,19-35)18-34(37,47-32(41)45-24-12-8-5-9-13-24)30(39)36(3)29(27(21)38)46-31(40)44-23-10-6-4-7-11-23/h4-16,21,28-29H,17-18,20H2,1-3H3/t21-,28-,29-,33+,34?/m0/s1. The van der Waals surface area contributed by atoms with Crippen LogP contribution in [0.25, 0.3) is 0 Å². The van der Waals surface area contributed by atoms with Gasteiger partial charge in [0.15, 0.2) is 22.2 Å². The number of carbonyl (C=O) groups excluding carboxylic acids is 4. The second-order valence-corrected chi connectivity index (χ2v) is 14.0. The molecule has 13 heteroatoms. The molecule has 3 aromatic rings. The molecule has 0 spiro atoms. The van der Waals surface area contributed by atoms with Crippen LogP contribution in [0.15, 0.2) is 78.9 Å². The minimum atomic E-state index is -1.69. The number of fused-ring (bicyclic) bond motifs is 2. The molecule has 0 N–H and O–H groups in total. The van der Waals surface area contributed by atoms with E-state index in [1.807, 2.05) is 0 Å². The second-order valence-electron chi connectivity index (χ2n) is 11.8. The van der Waals surface area contributed by atoms with Gasteiger partial charge in [-0.3, -0.25) is 14.5 Å². The van der Waals surface area contributed by atoms with Gasteiger partial charge in [-0.25, -0.2) is 9.59 Å². The number of ether oxygens (including phenoxy) is 4. The molecule has 3 aliphatic rings. The Morgan fingerprint density at radius 2 is 1.55 bits per heavy atom. The molecule has 3 heterocycles. The molecule has 6 rings (SSSR count). The van der Waals surface area contributed by atoms with Crippen LogP contribution >= 0.6 is 23.5 Å². The molecule has 0 saturated carbocycles. The smallest absolute Gasteiger partial charge is 0.375 e. The molecular weight excluding hydrogens is 643 g/mol. The Hall–Kier alpha value is -4.51. The van der Waals surface area contributed by atoms with Gasteiger partial charge < -0.3 is 23.8 Å². The van der Waals surface area contributed by atoms with Crippen LogP contribution in [-0.4, -0.2) is 62.7 Å².